The van der Waals surface area contributed by atoms with E-state index in [1.165, 1.54) is 18.2 Å². The summed E-state index contributed by atoms with van der Waals surface area (Å²) in [4.78, 5) is 24.3. The van der Waals surface area contributed by atoms with Crippen LogP contribution in [0.25, 0.3) is 0 Å². The van der Waals surface area contributed by atoms with Crippen LogP contribution < -0.4 is 15.6 Å². The third kappa shape index (κ3) is 5.13. The maximum Gasteiger partial charge on any atom is 0.279 e. The summed E-state index contributed by atoms with van der Waals surface area (Å²) in [6.07, 6.45) is -0.811. The quantitative estimate of drug-likeness (QED) is 0.656. The van der Waals surface area contributed by atoms with E-state index in [-0.39, 0.29) is 10.6 Å². The fraction of sp³-hybridized carbons (Fsp3) is 0.222. The lowest BCUT2D eigenvalue weighted by Crippen LogP contribution is -2.47. The Labute approximate surface area is 170 Å². The van der Waals surface area contributed by atoms with E-state index in [2.05, 4.69) is 26.8 Å². The van der Waals surface area contributed by atoms with Crippen molar-refractivity contribution < 1.29 is 14.3 Å². The fourth-order valence-corrected chi connectivity index (χ4v) is 3.46. The number of ether oxygens (including phenoxy) is 1. The molecule has 0 saturated carbocycles. The molecule has 5 nitrogen and oxygen atoms in total. The predicted octanol–water partition coefficient (Wildman–Crippen LogP) is 4.60. The van der Waals surface area contributed by atoms with Gasteiger partial charge in [-0.3, -0.25) is 20.4 Å². The molecular formula is C18H17BrCl2N2O3. The van der Waals surface area contributed by atoms with E-state index in [1.54, 1.807) is 6.92 Å². The minimum absolute atomic E-state index is 0.189. The second kappa shape index (κ2) is 8.75. The lowest BCUT2D eigenvalue weighted by molar-refractivity contribution is -0.128. The van der Waals surface area contributed by atoms with Gasteiger partial charge < -0.3 is 4.74 Å². The zero-order valence-corrected chi connectivity index (χ0v) is 17.4. The Balaban J connectivity index is 1.98. The molecule has 2 rings (SSSR count). The van der Waals surface area contributed by atoms with Gasteiger partial charge in [-0.05, 0) is 62.2 Å². The molecule has 0 radical (unpaired) electrons. The van der Waals surface area contributed by atoms with Crippen molar-refractivity contribution in [1.82, 2.24) is 10.9 Å². The molecule has 0 heterocycles. The molecule has 0 bridgehead atoms. The zero-order valence-electron chi connectivity index (χ0n) is 14.3. The molecule has 138 valence electrons. The van der Waals surface area contributed by atoms with Crippen LogP contribution in [0.2, 0.25) is 10.0 Å². The highest BCUT2D eigenvalue weighted by Crippen LogP contribution is 2.28. The van der Waals surface area contributed by atoms with Gasteiger partial charge in [-0.1, -0.05) is 39.1 Å². The van der Waals surface area contributed by atoms with Crippen LogP contribution in [0.3, 0.4) is 0 Å². The molecule has 2 amide bonds. The molecule has 0 fully saturated rings. The summed E-state index contributed by atoms with van der Waals surface area (Å²) in [5, 5.41) is 0.604. The molecule has 1 unspecified atom stereocenters. The normalized spacial score (nSPS) is 11.6. The average Bonchev–Trinajstić information content (AvgIpc) is 2.55. The molecule has 0 aliphatic rings. The summed E-state index contributed by atoms with van der Waals surface area (Å²) in [6, 6.07) is 8.26. The third-order valence-electron chi connectivity index (χ3n) is 3.56. The smallest absolute Gasteiger partial charge is 0.279 e. The Hall–Kier alpha value is -1.76. The molecule has 2 aromatic rings. The number of benzene rings is 2. The molecule has 0 saturated heterocycles. The van der Waals surface area contributed by atoms with E-state index < -0.39 is 17.9 Å². The number of amides is 2. The minimum Gasteiger partial charge on any atom is -0.480 e. The number of nitrogens with one attached hydrogen (secondary N) is 2. The molecule has 0 aliphatic carbocycles. The Bertz CT molecular complexity index is 835. The molecule has 26 heavy (non-hydrogen) atoms. The Morgan fingerprint density at radius 1 is 1.08 bits per heavy atom. The standard InChI is InChI=1S/C18H17BrCl2N2O3/c1-9-6-12(19)7-10(2)16(9)26-11(3)17(24)22-23-18(25)14-5-4-13(20)8-15(14)21/h4-8,11H,1-3H3,(H,22,24)(H,23,25). The van der Waals surface area contributed by atoms with Gasteiger partial charge in [0.15, 0.2) is 6.10 Å². The lowest BCUT2D eigenvalue weighted by Gasteiger charge is -2.18. The monoisotopic (exact) mass is 458 g/mol. The van der Waals surface area contributed by atoms with E-state index in [0.29, 0.717) is 10.8 Å². The number of hydrogen-bond donors (Lipinski definition) is 2. The van der Waals surface area contributed by atoms with Crippen LogP contribution in [0.4, 0.5) is 0 Å². The van der Waals surface area contributed by atoms with Crippen molar-refractivity contribution in [3.63, 3.8) is 0 Å². The molecule has 8 heteroatoms. The minimum atomic E-state index is -0.811. The van der Waals surface area contributed by atoms with Gasteiger partial charge in [0.25, 0.3) is 11.8 Å². The molecule has 2 aromatic carbocycles. The highest BCUT2D eigenvalue weighted by molar-refractivity contribution is 9.10. The summed E-state index contributed by atoms with van der Waals surface area (Å²) < 4.78 is 6.68. The van der Waals surface area contributed by atoms with Crippen LogP contribution >= 0.6 is 39.1 Å². The average molecular weight is 460 g/mol. The number of carbonyl (C=O) groups is 2. The lowest BCUT2D eigenvalue weighted by atomic mass is 10.1. The second-order valence-electron chi connectivity index (χ2n) is 5.70. The van der Waals surface area contributed by atoms with Gasteiger partial charge >= 0.3 is 0 Å². The van der Waals surface area contributed by atoms with Gasteiger partial charge in [0, 0.05) is 9.50 Å². The van der Waals surface area contributed by atoms with Crippen molar-refractivity contribution in [2.75, 3.05) is 0 Å². The summed E-state index contributed by atoms with van der Waals surface area (Å²) in [5.41, 5.74) is 6.63. The van der Waals surface area contributed by atoms with E-state index in [1.807, 2.05) is 26.0 Å². The van der Waals surface area contributed by atoms with Gasteiger partial charge in [0.2, 0.25) is 0 Å². The molecular weight excluding hydrogens is 443 g/mol. The number of halogens is 3. The number of aryl methyl sites for hydroxylation is 2. The first-order valence-corrected chi connectivity index (χ1v) is 9.22. The molecule has 0 aromatic heterocycles. The van der Waals surface area contributed by atoms with Gasteiger partial charge in [-0.2, -0.15) is 0 Å². The zero-order chi connectivity index (χ0) is 19.4. The SMILES string of the molecule is Cc1cc(Br)cc(C)c1OC(C)C(=O)NNC(=O)c1ccc(Cl)cc1Cl. The van der Waals surface area contributed by atoms with Crippen LogP contribution in [-0.2, 0) is 4.79 Å². The van der Waals surface area contributed by atoms with E-state index in [4.69, 9.17) is 27.9 Å². The van der Waals surface area contributed by atoms with E-state index in [9.17, 15) is 9.59 Å². The Kier molecular flexibility index (Phi) is 6.92. The van der Waals surface area contributed by atoms with Gasteiger partial charge in [-0.25, -0.2) is 0 Å². The van der Waals surface area contributed by atoms with Crippen molar-refractivity contribution in [1.29, 1.82) is 0 Å². The van der Waals surface area contributed by atoms with Crippen LogP contribution in [0.1, 0.15) is 28.4 Å². The molecule has 0 spiro atoms. The summed E-state index contributed by atoms with van der Waals surface area (Å²) in [7, 11) is 0. The maximum atomic E-state index is 12.2. The highest BCUT2D eigenvalue weighted by atomic mass is 79.9. The van der Waals surface area contributed by atoms with Crippen molar-refractivity contribution in [2.24, 2.45) is 0 Å². The first-order valence-electron chi connectivity index (χ1n) is 7.67. The van der Waals surface area contributed by atoms with Crippen LogP contribution in [0.5, 0.6) is 5.75 Å². The van der Waals surface area contributed by atoms with Gasteiger partial charge in [-0.15, -0.1) is 0 Å². The first-order chi connectivity index (χ1) is 12.2. The Morgan fingerprint density at radius 3 is 2.27 bits per heavy atom. The van der Waals surface area contributed by atoms with Gasteiger partial charge in [0.05, 0.1) is 10.6 Å². The predicted molar refractivity (Wildman–Crippen MR) is 106 cm³/mol. The molecule has 1 atom stereocenters. The fourth-order valence-electron chi connectivity index (χ4n) is 2.27. The van der Waals surface area contributed by atoms with E-state index in [0.717, 1.165) is 15.6 Å². The summed E-state index contributed by atoms with van der Waals surface area (Å²) >= 11 is 15.2. The van der Waals surface area contributed by atoms with Crippen molar-refractivity contribution >= 4 is 50.9 Å². The number of rotatable bonds is 4. The first kappa shape index (κ1) is 20.6. The van der Waals surface area contributed by atoms with Crippen LogP contribution in [-0.4, -0.2) is 17.9 Å². The largest absolute Gasteiger partial charge is 0.480 e. The molecule has 0 aliphatic heterocycles. The van der Waals surface area contributed by atoms with Gasteiger partial charge in [0.1, 0.15) is 5.75 Å². The third-order valence-corrected chi connectivity index (χ3v) is 4.57. The van der Waals surface area contributed by atoms with E-state index >= 15 is 0 Å². The van der Waals surface area contributed by atoms with Crippen LogP contribution in [0.15, 0.2) is 34.8 Å². The summed E-state index contributed by atoms with van der Waals surface area (Å²) in [5.74, 6) is -0.420. The number of carbonyl (C=O) groups excluding carboxylic acids is 2. The Morgan fingerprint density at radius 2 is 1.69 bits per heavy atom. The van der Waals surface area contributed by atoms with Crippen molar-refractivity contribution in [3.8, 4) is 5.75 Å². The molecule has 2 N–H and O–H groups in total. The number of hydrazine groups is 1. The maximum absolute atomic E-state index is 12.2. The second-order valence-corrected chi connectivity index (χ2v) is 7.46. The topological polar surface area (TPSA) is 67.4 Å². The van der Waals surface area contributed by atoms with Crippen molar-refractivity contribution in [2.45, 2.75) is 26.9 Å². The number of hydrogen-bond acceptors (Lipinski definition) is 3. The summed E-state index contributed by atoms with van der Waals surface area (Å²) in [6.45, 7) is 5.38. The highest BCUT2D eigenvalue weighted by Gasteiger charge is 2.19. The van der Waals surface area contributed by atoms with Crippen LogP contribution in [0, 0.1) is 13.8 Å². The van der Waals surface area contributed by atoms with Crippen molar-refractivity contribution in [3.05, 3.63) is 61.5 Å².